The Morgan fingerprint density at radius 1 is 0.500 bits per heavy atom. The Kier molecular flexibility index (Phi) is 5.92. The van der Waals surface area contributed by atoms with Gasteiger partial charge in [-0.05, 0) is 98.3 Å². The van der Waals surface area contributed by atoms with Gasteiger partial charge in [0.2, 0.25) is 0 Å². The molecule has 0 atom stereocenters. The van der Waals surface area contributed by atoms with Gasteiger partial charge in [0.05, 0.1) is 11.0 Å². The molecule has 0 radical (unpaired) electrons. The van der Waals surface area contributed by atoms with Crippen LogP contribution in [0.5, 0.6) is 0 Å². The predicted molar refractivity (Wildman–Crippen MR) is 251 cm³/mol. The summed E-state index contributed by atoms with van der Waals surface area (Å²) in [5, 5.41) is 7.08. The fourth-order valence-electron chi connectivity index (χ4n) is 11.4. The fourth-order valence-corrected chi connectivity index (χ4v) is 11.4. The zero-order valence-electron chi connectivity index (χ0n) is 34.1. The van der Waals surface area contributed by atoms with Gasteiger partial charge in [-0.15, -0.1) is 0 Å². The maximum absolute atomic E-state index is 6.70. The molecule has 0 amide bonds. The molecule has 0 spiro atoms. The number of nitrogens with zero attached hydrogens (tertiary/aromatic N) is 2. The SMILES string of the molecule is CC(C)(C)c1ccc(N2B3c4cc5c(cc4-n4c6cc7c(cc6c6ccc(c3c64)-c3cc4oc6ccccc6c4cc32)-c2ccccc2C7(C)C)oc2ccccc25)cc1. The number of fused-ring (bicyclic) bond motifs is 17. The highest BCUT2D eigenvalue weighted by Gasteiger charge is 2.45. The molecule has 0 saturated carbocycles. The Morgan fingerprint density at radius 2 is 1.18 bits per heavy atom. The van der Waals surface area contributed by atoms with Gasteiger partial charge in [-0.2, -0.15) is 0 Å². The Bertz CT molecular complexity index is 3740. The number of hydrogen-bond acceptors (Lipinski definition) is 3. The van der Waals surface area contributed by atoms with Crippen molar-refractivity contribution >= 4 is 94.8 Å². The summed E-state index contributed by atoms with van der Waals surface area (Å²) < 4.78 is 15.9. The Morgan fingerprint density at radius 3 is 1.93 bits per heavy atom. The minimum absolute atomic E-state index is 0.0284. The maximum atomic E-state index is 6.70. The van der Waals surface area contributed by atoms with Crippen molar-refractivity contribution in [2.45, 2.75) is 45.4 Å². The van der Waals surface area contributed by atoms with Gasteiger partial charge < -0.3 is 18.2 Å². The molecule has 2 aliphatic heterocycles. The third-order valence-corrected chi connectivity index (χ3v) is 14.3. The van der Waals surface area contributed by atoms with Gasteiger partial charge in [0.15, 0.2) is 0 Å². The second kappa shape index (κ2) is 10.8. The minimum atomic E-state index is -0.133. The van der Waals surface area contributed by atoms with Gasteiger partial charge in [-0.1, -0.05) is 126 Å². The van der Waals surface area contributed by atoms with Crippen molar-refractivity contribution in [1.29, 1.82) is 0 Å². The van der Waals surface area contributed by atoms with Gasteiger partial charge in [-0.3, -0.25) is 0 Å². The molecule has 0 N–H and O–H groups in total. The summed E-state index contributed by atoms with van der Waals surface area (Å²) in [5.74, 6) is 0. The van der Waals surface area contributed by atoms with Crippen molar-refractivity contribution in [1.82, 2.24) is 4.57 Å². The lowest BCUT2D eigenvalue weighted by molar-refractivity contribution is 0.590. The van der Waals surface area contributed by atoms with Gasteiger partial charge in [-0.25, -0.2) is 0 Å². The van der Waals surface area contributed by atoms with Crippen LogP contribution in [0.15, 0.2) is 154 Å². The third-order valence-electron chi connectivity index (χ3n) is 14.3. The number of anilines is 2. The quantitative estimate of drug-likeness (QED) is 0.156. The lowest BCUT2D eigenvalue weighted by Gasteiger charge is -2.42. The second-order valence-corrected chi connectivity index (χ2v) is 18.9. The molecule has 3 aromatic heterocycles. The predicted octanol–water partition coefficient (Wildman–Crippen LogP) is 13.4. The number of benzene rings is 8. The summed E-state index contributed by atoms with van der Waals surface area (Å²) in [5.41, 5.74) is 21.3. The van der Waals surface area contributed by atoms with Crippen LogP contribution >= 0.6 is 0 Å². The van der Waals surface area contributed by atoms with Crippen molar-refractivity contribution in [2.24, 2.45) is 0 Å². The van der Waals surface area contributed by atoms with Crippen molar-refractivity contribution < 1.29 is 8.83 Å². The molecule has 11 aromatic rings. The van der Waals surface area contributed by atoms with E-state index >= 15 is 0 Å². The molecule has 4 nitrogen and oxygen atoms in total. The molecule has 0 saturated heterocycles. The molecule has 14 rings (SSSR count). The average molecular weight is 771 g/mol. The van der Waals surface area contributed by atoms with E-state index in [1.54, 1.807) is 0 Å². The fraction of sp³-hybridized carbons (Fsp3) is 0.127. The number of para-hydroxylation sites is 2. The molecule has 0 unspecified atom stereocenters. The molecule has 1 aliphatic carbocycles. The lowest BCUT2D eigenvalue weighted by Crippen LogP contribution is -2.60. The van der Waals surface area contributed by atoms with Gasteiger partial charge in [0.25, 0.3) is 0 Å². The van der Waals surface area contributed by atoms with Gasteiger partial charge in [0, 0.05) is 66.4 Å². The van der Waals surface area contributed by atoms with Crippen LogP contribution in [-0.2, 0) is 10.8 Å². The molecule has 5 heteroatoms. The van der Waals surface area contributed by atoms with Gasteiger partial charge in [0.1, 0.15) is 22.3 Å². The monoisotopic (exact) mass is 770 g/mol. The second-order valence-electron chi connectivity index (χ2n) is 18.9. The molecular formula is C55H39BN2O2. The van der Waals surface area contributed by atoms with Crippen LogP contribution in [0.2, 0.25) is 0 Å². The minimum Gasteiger partial charge on any atom is -0.456 e. The standard InChI is InChI=1S/C55H39BN2O2/c1-54(2,3)30-18-20-31(21-19-30)58-46-26-41-34-14-8-11-17-49(34)59-50(41)27-39(46)35-22-23-36-38-24-37-32-12-6-9-15-42(32)55(4,5)43(37)28-45(38)57-47-29-51-40(33-13-7-10-16-48(33)60-51)25-44(47)56(58)52(35)53(36)57/h6-29H,1-5H3. The van der Waals surface area contributed by atoms with E-state index in [1.165, 1.54) is 83.1 Å². The number of rotatable bonds is 1. The number of furan rings is 2. The highest BCUT2D eigenvalue weighted by Crippen LogP contribution is 2.53. The Balaban J connectivity index is 1.16. The van der Waals surface area contributed by atoms with E-state index in [2.05, 4.69) is 190 Å². The first kappa shape index (κ1) is 32.9. The van der Waals surface area contributed by atoms with E-state index < -0.39 is 0 Å². The zero-order valence-corrected chi connectivity index (χ0v) is 34.1. The van der Waals surface area contributed by atoms with E-state index in [4.69, 9.17) is 8.83 Å². The van der Waals surface area contributed by atoms with Gasteiger partial charge >= 0.3 is 6.85 Å². The average Bonchev–Trinajstić information content (AvgIpc) is 3.97. The molecule has 284 valence electrons. The topological polar surface area (TPSA) is 34.5 Å². The Hall–Kier alpha value is -6.98. The number of hydrogen-bond donors (Lipinski definition) is 0. The molecule has 8 aromatic carbocycles. The van der Waals surface area contributed by atoms with Crippen molar-refractivity contribution in [2.75, 3.05) is 4.81 Å². The van der Waals surface area contributed by atoms with E-state index in [0.29, 0.717) is 0 Å². The summed E-state index contributed by atoms with van der Waals surface area (Å²) in [7, 11) is 0. The third kappa shape index (κ3) is 3.98. The maximum Gasteiger partial charge on any atom is 0.333 e. The largest absolute Gasteiger partial charge is 0.456 e. The van der Waals surface area contributed by atoms with Crippen molar-refractivity contribution in [3.05, 3.63) is 162 Å². The van der Waals surface area contributed by atoms with E-state index in [0.717, 1.165) is 49.6 Å². The summed E-state index contributed by atoms with van der Waals surface area (Å²) in [4.78, 5) is 2.62. The first-order valence-corrected chi connectivity index (χ1v) is 21.2. The van der Waals surface area contributed by atoms with Crippen LogP contribution in [0.25, 0.3) is 93.6 Å². The van der Waals surface area contributed by atoms with Crippen LogP contribution < -0.4 is 15.7 Å². The highest BCUT2D eigenvalue weighted by atomic mass is 16.3. The first-order valence-electron chi connectivity index (χ1n) is 21.2. The summed E-state index contributed by atoms with van der Waals surface area (Å²) in [6.45, 7) is 11.5. The normalized spacial score (nSPS) is 14.8. The molecule has 60 heavy (non-hydrogen) atoms. The van der Waals surface area contributed by atoms with Crippen LogP contribution in [0.3, 0.4) is 0 Å². The summed E-state index contributed by atoms with van der Waals surface area (Å²) in [6, 6.07) is 54.4. The highest BCUT2D eigenvalue weighted by molar-refractivity contribution is 6.94. The first-order chi connectivity index (χ1) is 29.1. The smallest absolute Gasteiger partial charge is 0.333 e. The Labute approximate surface area is 347 Å². The van der Waals surface area contributed by atoms with Crippen molar-refractivity contribution in [3.8, 4) is 27.9 Å². The van der Waals surface area contributed by atoms with Crippen molar-refractivity contribution in [3.63, 3.8) is 0 Å². The van der Waals surface area contributed by atoms with Crippen LogP contribution in [-0.4, -0.2) is 11.4 Å². The van der Waals surface area contributed by atoms with Crippen LogP contribution in [0.1, 0.15) is 51.3 Å². The van der Waals surface area contributed by atoms with E-state index in [9.17, 15) is 0 Å². The molecule has 0 fully saturated rings. The van der Waals surface area contributed by atoms with E-state index in [1.807, 2.05) is 0 Å². The molecular weight excluding hydrogens is 731 g/mol. The lowest BCUT2D eigenvalue weighted by atomic mass is 9.44. The molecule has 0 bridgehead atoms. The van der Waals surface area contributed by atoms with Crippen LogP contribution in [0.4, 0.5) is 11.4 Å². The van der Waals surface area contributed by atoms with E-state index in [-0.39, 0.29) is 17.7 Å². The van der Waals surface area contributed by atoms with Crippen LogP contribution in [0, 0.1) is 0 Å². The summed E-state index contributed by atoms with van der Waals surface area (Å²) >= 11 is 0. The summed E-state index contributed by atoms with van der Waals surface area (Å²) in [6.07, 6.45) is 0. The molecule has 5 heterocycles. The molecule has 3 aliphatic rings. The zero-order chi connectivity index (χ0) is 40.0. The number of aromatic nitrogens is 1.